The molecule has 0 spiro atoms. The van der Waals surface area contributed by atoms with Gasteiger partial charge in [-0.2, -0.15) is 5.10 Å². The van der Waals surface area contributed by atoms with Crippen molar-refractivity contribution in [2.24, 2.45) is 0 Å². The summed E-state index contributed by atoms with van der Waals surface area (Å²) < 4.78 is 6.50. The van der Waals surface area contributed by atoms with Gasteiger partial charge in [-0.15, -0.1) is 0 Å². The topological polar surface area (TPSA) is 82.2 Å². The molecule has 0 bridgehead atoms. The van der Waals surface area contributed by atoms with E-state index in [4.69, 9.17) is 5.73 Å². The Hall–Kier alpha value is -2.50. The monoisotopic (exact) mass is 274 g/mol. The molecule has 0 amide bonds. The molecule has 0 fully saturated rings. The SMILES string of the molecule is COC(=O)c1ccc(Nc2cnn(C(C)C)c2)c(N)c1. The van der Waals surface area contributed by atoms with Gasteiger partial charge in [0.1, 0.15) is 0 Å². The van der Waals surface area contributed by atoms with Crippen LogP contribution in [0.25, 0.3) is 0 Å². The minimum Gasteiger partial charge on any atom is -0.465 e. The summed E-state index contributed by atoms with van der Waals surface area (Å²) in [7, 11) is 1.34. The number of hydrogen-bond donors (Lipinski definition) is 2. The number of nitrogens with zero attached hydrogens (tertiary/aromatic N) is 2. The van der Waals surface area contributed by atoms with Crippen LogP contribution in [0.5, 0.6) is 0 Å². The Morgan fingerprint density at radius 2 is 2.20 bits per heavy atom. The number of hydrogen-bond acceptors (Lipinski definition) is 5. The Kier molecular flexibility index (Phi) is 3.93. The lowest BCUT2D eigenvalue weighted by Gasteiger charge is -2.09. The van der Waals surface area contributed by atoms with Crippen LogP contribution in [0.3, 0.4) is 0 Å². The number of aromatic nitrogens is 2. The highest BCUT2D eigenvalue weighted by Gasteiger charge is 2.09. The summed E-state index contributed by atoms with van der Waals surface area (Å²) in [6.45, 7) is 4.10. The number of carbonyl (C=O) groups excluding carboxylic acids is 1. The van der Waals surface area contributed by atoms with Gasteiger partial charge in [0.2, 0.25) is 0 Å². The second kappa shape index (κ2) is 5.64. The number of esters is 1. The summed E-state index contributed by atoms with van der Waals surface area (Å²) in [4.78, 5) is 11.4. The Morgan fingerprint density at radius 3 is 2.75 bits per heavy atom. The van der Waals surface area contributed by atoms with E-state index in [0.717, 1.165) is 11.4 Å². The van der Waals surface area contributed by atoms with Gasteiger partial charge >= 0.3 is 5.97 Å². The molecule has 0 saturated heterocycles. The van der Waals surface area contributed by atoms with Gasteiger partial charge in [-0.05, 0) is 32.0 Å². The lowest BCUT2D eigenvalue weighted by molar-refractivity contribution is 0.0601. The quantitative estimate of drug-likeness (QED) is 0.661. The first-order valence-electron chi connectivity index (χ1n) is 6.30. The van der Waals surface area contributed by atoms with Crippen LogP contribution in [-0.4, -0.2) is 22.9 Å². The Balaban J connectivity index is 2.19. The lowest BCUT2D eigenvalue weighted by Crippen LogP contribution is -2.03. The van der Waals surface area contributed by atoms with E-state index in [1.807, 2.05) is 10.9 Å². The van der Waals surface area contributed by atoms with Crippen LogP contribution in [0.2, 0.25) is 0 Å². The van der Waals surface area contributed by atoms with Crippen molar-refractivity contribution in [3.05, 3.63) is 36.2 Å². The van der Waals surface area contributed by atoms with Crippen molar-refractivity contribution in [2.45, 2.75) is 19.9 Å². The van der Waals surface area contributed by atoms with Crippen molar-refractivity contribution in [1.29, 1.82) is 0 Å². The first-order chi connectivity index (χ1) is 9.51. The maximum atomic E-state index is 11.4. The third kappa shape index (κ3) is 2.90. The summed E-state index contributed by atoms with van der Waals surface area (Å²) in [5, 5.41) is 7.41. The fraction of sp³-hybridized carbons (Fsp3) is 0.286. The fourth-order valence-electron chi connectivity index (χ4n) is 1.76. The highest BCUT2D eigenvalue weighted by molar-refractivity contribution is 5.92. The highest BCUT2D eigenvalue weighted by atomic mass is 16.5. The van der Waals surface area contributed by atoms with E-state index in [9.17, 15) is 4.79 Å². The van der Waals surface area contributed by atoms with E-state index < -0.39 is 5.97 Å². The minimum atomic E-state index is -0.407. The average Bonchev–Trinajstić information content (AvgIpc) is 2.89. The van der Waals surface area contributed by atoms with Gasteiger partial charge in [0.05, 0.1) is 35.9 Å². The molecule has 0 unspecified atom stereocenters. The van der Waals surface area contributed by atoms with E-state index in [1.54, 1.807) is 24.4 Å². The van der Waals surface area contributed by atoms with Crippen molar-refractivity contribution < 1.29 is 9.53 Å². The van der Waals surface area contributed by atoms with E-state index in [2.05, 4.69) is 29.0 Å². The zero-order chi connectivity index (χ0) is 14.7. The number of benzene rings is 1. The van der Waals surface area contributed by atoms with Crippen molar-refractivity contribution >= 4 is 23.0 Å². The zero-order valence-corrected chi connectivity index (χ0v) is 11.8. The number of anilines is 3. The van der Waals surface area contributed by atoms with Crippen molar-refractivity contribution in [2.75, 3.05) is 18.2 Å². The molecule has 1 aromatic heterocycles. The lowest BCUT2D eigenvalue weighted by atomic mass is 10.1. The van der Waals surface area contributed by atoms with Gasteiger partial charge < -0.3 is 15.8 Å². The van der Waals surface area contributed by atoms with Gasteiger partial charge in [-0.1, -0.05) is 0 Å². The third-order valence-corrected chi connectivity index (χ3v) is 2.88. The molecule has 0 aliphatic heterocycles. The first-order valence-corrected chi connectivity index (χ1v) is 6.30. The number of rotatable bonds is 4. The normalized spacial score (nSPS) is 10.6. The second-order valence-electron chi connectivity index (χ2n) is 4.72. The maximum absolute atomic E-state index is 11.4. The Morgan fingerprint density at radius 1 is 1.45 bits per heavy atom. The van der Waals surface area contributed by atoms with E-state index in [0.29, 0.717) is 17.3 Å². The molecule has 2 aromatic rings. The van der Waals surface area contributed by atoms with Gasteiger partial charge in [-0.25, -0.2) is 4.79 Å². The molecule has 20 heavy (non-hydrogen) atoms. The number of nitrogens with one attached hydrogen (secondary N) is 1. The summed E-state index contributed by atoms with van der Waals surface area (Å²) in [5.41, 5.74) is 8.40. The van der Waals surface area contributed by atoms with Crippen molar-refractivity contribution in [1.82, 2.24) is 9.78 Å². The average molecular weight is 274 g/mol. The molecule has 0 saturated carbocycles. The molecule has 0 atom stereocenters. The standard InChI is InChI=1S/C14H18N4O2/c1-9(2)18-8-11(7-16-18)17-13-5-4-10(6-12(13)15)14(19)20-3/h4-9,17H,15H2,1-3H3. The molecule has 6 heteroatoms. The first kappa shape index (κ1) is 13.9. The molecule has 0 aliphatic carbocycles. The number of methoxy groups -OCH3 is 1. The molecule has 6 nitrogen and oxygen atoms in total. The van der Waals surface area contributed by atoms with Crippen LogP contribution in [0, 0.1) is 0 Å². The predicted molar refractivity (Wildman–Crippen MR) is 78.1 cm³/mol. The van der Waals surface area contributed by atoms with Gasteiger partial charge in [-0.3, -0.25) is 4.68 Å². The van der Waals surface area contributed by atoms with E-state index in [-0.39, 0.29) is 0 Å². The Bertz CT molecular complexity index is 619. The number of nitrogens with two attached hydrogens (primary N) is 1. The number of ether oxygens (including phenoxy) is 1. The van der Waals surface area contributed by atoms with E-state index in [1.165, 1.54) is 7.11 Å². The largest absolute Gasteiger partial charge is 0.465 e. The van der Waals surface area contributed by atoms with Crippen LogP contribution in [-0.2, 0) is 4.74 Å². The van der Waals surface area contributed by atoms with Crippen molar-refractivity contribution in [3.63, 3.8) is 0 Å². The van der Waals surface area contributed by atoms with Crippen molar-refractivity contribution in [3.8, 4) is 0 Å². The number of nitrogen functional groups attached to an aromatic ring is 1. The molecule has 0 aliphatic rings. The molecule has 106 valence electrons. The molecular weight excluding hydrogens is 256 g/mol. The summed E-state index contributed by atoms with van der Waals surface area (Å²) in [6, 6.07) is 5.29. The van der Waals surface area contributed by atoms with Gasteiger partial charge in [0, 0.05) is 12.2 Å². The zero-order valence-electron chi connectivity index (χ0n) is 11.8. The minimum absolute atomic E-state index is 0.296. The molecule has 3 N–H and O–H groups in total. The molecule has 1 heterocycles. The van der Waals surface area contributed by atoms with Crippen LogP contribution >= 0.6 is 0 Å². The highest BCUT2D eigenvalue weighted by Crippen LogP contribution is 2.24. The Labute approximate surface area is 117 Å². The van der Waals surface area contributed by atoms with Crippen LogP contribution < -0.4 is 11.1 Å². The molecular formula is C14H18N4O2. The summed E-state index contributed by atoms with van der Waals surface area (Å²) in [6.07, 6.45) is 3.63. The maximum Gasteiger partial charge on any atom is 0.337 e. The summed E-state index contributed by atoms with van der Waals surface area (Å²) in [5.74, 6) is -0.407. The molecule has 0 radical (unpaired) electrons. The van der Waals surface area contributed by atoms with Gasteiger partial charge in [0.15, 0.2) is 0 Å². The fourth-order valence-corrected chi connectivity index (χ4v) is 1.76. The third-order valence-electron chi connectivity index (χ3n) is 2.88. The molecule has 1 aromatic carbocycles. The van der Waals surface area contributed by atoms with Crippen LogP contribution in [0.4, 0.5) is 17.1 Å². The van der Waals surface area contributed by atoms with E-state index >= 15 is 0 Å². The van der Waals surface area contributed by atoms with Gasteiger partial charge in [0.25, 0.3) is 0 Å². The predicted octanol–water partition coefficient (Wildman–Crippen LogP) is 2.58. The number of carbonyl (C=O) groups is 1. The smallest absolute Gasteiger partial charge is 0.337 e. The van der Waals surface area contributed by atoms with Crippen LogP contribution in [0.1, 0.15) is 30.2 Å². The summed E-state index contributed by atoms with van der Waals surface area (Å²) >= 11 is 0. The molecule has 2 rings (SSSR count). The van der Waals surface area contributed by atoms with Crippen LogP contribution in [0.15, 0.2) is 30.6 Å². The second-order valence-corrected chi connectivity index (χ2v) is 4.72.